The molecular formula is C75H82ClF2N25O10S5. The minimum atomic E-state index is -2.93. The fourth-order valence-corrected chi connectivity index (χ4v) is 18.8. The second kappa shape index (κ2) is 34.9. The number of nitrogens with one attached hydrogen (secondary N) is 5. The van der Waals surface area contributed by atoms with Crippen molar-refractivity contribution in [3.63, 3.8) is 0 Å². The van der Waals surface area contributed by atoms with E-state index in [0.717, 1.165) is 106 Å². The van der Waals surface area contributed by atoms with Gasteiger partial charge in [-0.2, -0.15) is 25.0 Å². The van der Waals surface area contributed by atoms with Gasteiger partial charge in [-0.1, -0.05) is 35.6 Å². The van der Waals surface area contributed by atoms with Crippen LogP contribution in [0.5, 0.6) is 0 Å². The third kappa shape index (κ3) is 20.3. The van der Waals surface area contributed by atoms with Crippen molar-refractivity contribution >= 4 is 136 Å². The van der Waals surface area contributed by atoms with Crippen LogP contribution in [0.3, 0.4) is 0 Å². The number of H-pyrrole nitrogens is 1. The topological polar surface area (TPSA) is 418 Å². The maximum Gasteiger partial charge on any atom is 0.266 e. The Morgan fingerprint density at radius 3 is 1.48 bits per heavy atom. The molecule has 13 aromatic heterocycles. The number of anilines is 4. The SMILES string of the molecule is Cc1cc(-c2cccc3nc(NC(=O)C4CC4)nn23)sc1CN1CCC(F)(F)CC1.Cl.O=C(Nc1nc2cccc(-c3ccc(COCCc4cn[nH]c4)s3)n2n1)C1CC1.O=C(Nc1nc2cccc(-c3nnc(CN4CCS(=O)(=O)CC4)o3)n2n1)C1CC1.O=C(Nc1nc2cccc(-c3nnc(CN4CCS(=O)(=O)CC4)s3)n2n1)C1CC1. The number of sulfone groups is 2. The highest BCUT2D eigenvalue weighted by molar-refractivity contribution is 7.91. The highest BCUT2D eigenvalue weighted by atomic mass is 35.5. The number of aromatic amines is 1. The third-order valence-corrected chi connectivity index (χ3v) is 27.1. The van der Waals surface area contributed by atoms with Crippen LogP contribution in [-0.2, 0) is 76.3 Å². The summed E-state index contributed by atoms with van der Waals surface area (Å²) >= 11 is 4.76. The van der Waals surface area contributed by atoms with Crippen LogP contribution in [-0.4, -0.2) is 219 Å². The number of nitrogens with zero attached hydrogens (tertiary/aromatic N) is 20. The van der Waals surface area contributed by atoms with E-state index in [2.05, 4.69) is 127 Å². The first kappa shape index (κ1) is 81.3. The molecule has 0 bridgehead atoms. The third-order valence-electron chi connectivity index (χ3n) is 20.6. The molecule has 13 aromatic rings. The number of piperidine rings is 1. The number of hydrogen-bond donors (Lipinski definition) is 5. The summed E-state index contributed by atoms with van der Waals surface area (Å²) in [6, 6.07) is 28.8. The van der Waals surface area contributed by atoms with Crippen molar-refractivity contribution in [2.24, 2.45) is 23.7 Å². The average Bonchev–Trinajstić information content (AvgIpc) is 1.65. The lowest BCUT2D eigenvalue weighted by molar-refractivity contribution is -0.118. The molecule has 16 heterocycles. The monoisotopic (exact) mass is 1730 g/mol. The largest absolute Gasteiger partial charge is 0.418 e. The number of carbonyl (C=O) groups excluding carboxylic acids is 4. The fourth-order valence-electron chi connectivity index (χ4n) is 13.2. The van der Waals surface area contributed by atoms with Gasteiger partial charge in [0.15, 0.2) is 47.3 Å². The average molecular weight is 1730 g/mol. The van der Waals surface area contributed by atoms with Crippen LogP contribution in [0.15, 0.2) is 108 Å². The van der Waals surface area contributed by atoms with Crippen LogP contribution in [0.25, 0.3) is 66.0 Å². The maximum absolute atomic E-state index is 13.4. The Bertz CT molecular complexity index is 5840. The Kier molecular flexibility index (Phi) is 24.0. The zero-order valence-electron chi connectivity index (χ0n) is 63.7. The molecular weight excluding hydrogens is 1640 g/mol. The van der Waals surface area contributed by atoms with Gasteiger partial charge in [-0.3, -0.25) is 60.2 Å². The van der Waals surface area contributed by atoms with E-state index in [1.807, 2.05) is 71.9 Å². The highest BCUT2D eigenvalue weighted by Gasteiger charge is 2.37. The molecule has 0 aromatic carbocycles. The van der Waals surface area contributed by atoms with E-state index in [1.54, 1.807) is 58.9 Å². The molecule has 7 fully saturated rings. The molecule has 0 spiro atoms. The normalized spacial score (nSPS) is 17.9. The van der Waals surface area contributed by atoms with Gasteiger partial charge in [0.1, 0.15) is 16.4 Å². The van der Waals surface area contributed by atoms with Gasteiger partial charge in [0.2, 0.25) is 53.3 Å². The smallest absolute Gasteiger partial charge is 0.266 e. The van der Waals surface area contributed by atoms with E-state index in [-0.39, 0.29) is 113 Å². The van der Waals surface area contributed by atoms with Gasteiger partial charge in [0.05, 0.1) is 76.7 Å². The van der Waals surface area contributed by atoms with Gasteiger partial charge in [-0.25, -0.2) is 43.7 Å². The molecule has 3 aliphatic heterocycles. The molecule has 20 rings (SSSR count). The Morgan fingerprint density at radius 2 is 0.992 bits per heavy atom. The zero-order valence-corrected chi connectivity index (χ0v) is 68.6. The van der Waals surface area contributed by atoms with Gasteiger partial charge in [0.25, 0.3) is 11.8 Å². The fraction of sp³-hybridized carbons (Fsp3) is 0.427. The molecule has 43 heteroatoms. The summed E-state index contributed by atoms with van der Waals surface area (Å²) in [4.78, 5) is 76.1. The number of aromatic nitrogens is 18. The van der Waals surface area contributed by atoms with Crippen molar-refractivity contribution in [3.8, 4) is 43.4 Å². The van der Waals surface area contributed by atoms with E-state index < -0.39 is 25.6 Å². The van der Waals surface area contributed by atoms with Crippen molar-refractivity contribution in [2.45, 2.75) is 110 Å². The number of likely N-dealkylation sites (tertiary alicyclic amines) is 1. The molecule has 118 heavy (non-hydrogen) atoms. The number of aryl methyl sites for hydroxylation is 1. The summed E-state index contributed by atoms with van der Waals surface area (Å²) in [7, 11) is -5.84. The predicted octanol–water partition coefficient (Wildman–Crippen LogP) is 9.24. The summed E-state index contributed by atoms with van der Waals surface area (Å²) in [6.07, 6.45) is 11.8. The number of hydrogen-bond acceptors (Lipinski definition) is 29. The molecule has 3 saturated heterocycles. The summed E-state index contributed by atoms with van der Waals surface area (Å²) in [6.45, 7) is 7.67. The van der Waals surface area contributed by atoms with Crippen molar-refractivity contribution in [3.05, 3.63) is 135 Å². The molecule has 5 N–H and O–H groups in total. The molecule has 0 atom stereocenters. The zero-order chi connectivity index (χ0) is 80.5. The number of thiophene rings is 2. The quantitative estimate of drug-likeness (QED) is 0.0372. The number of rotatable bonds is 23. The minimum Gasteiger partial charge on any atom is -0.418 e. The van der Waals surface area contributed by atoms with Gasteiger partial charge in [0, 0.05) is 98.3 Å². The first-order valence-corrected chi connectivity index (χ1v) is 44.7. The molecule has 0 radical (unpaired) electrons. The summed E-state index contributed by atoms with van der Waals surface area (Å²) in [5.41, 5.74) is 7.97. The van der Waals surface area contributed by atoms with Crippen molar-refractivity contribution in [1.29, 1.82) is 0 Å². The number of fused-ring (bicyclic) bond motifs is 4. The number of amides is 4. The molecule has 618 valence electrons. The van der Waals surface area contributed by atoms with Gasteiger partial charge >= 0.3 is 0 Å². The Labute approximate surface area is 691 Å². The molecule has 4 aliphatic carbocycles. The number of ether oxygens (including phenoxy) is 1. The van der Waals surface area contributed by atoms with E-state index in [1.165, 1.54) is 16.2 Å². The van der Waals surface area contributed by atoms with Gasteiger partial charge in [-0.05, 0) is 143 Å². The first-order valence-electron chi connectivity index (χ1n) is 38.6. The number of halogens is 3. The second-order valence-corrected chi connectivity index (χ2v) is 37.9. The molecule has 4 saturated carbocycles. The van der Waals surface area contributed by atoms with Crippen molar-refractivity contribution < 1.29 is 53.9 Å². The second-order valence-electron chi connectivity index (χ2n) is 29.9. The van der Waals surface area contributed by atoms with E-state index >= 15 is 0 Å². The highest BCUT2D eigenvalue weighted by Crippen LogP contribution is 2.38. The van der Waals surface area contributed by atoms with E-state index in [0.29, 0.717) is 123 Å². The summed E-state index contributed by atoms with van der Waals surface area (Å²) < 4.78 is 91.4. The van der Waals surface area contributed by atoms with Crippen molar-refractivity contribution in [2.75, 3.05) is 90.2 Å². The number of alkyl halides is 2. The van der Waals surface area contributed by atoms with Crippen LogP contribution in [0.2, 0.25) is 0 Å². The Balaban J connectivity index is 0.000000117. The van der Waals surface area contributed by atoms with Crippen LogP contribution < -0.4 is 21.3 Å². The number of pyridine rings is 4. The Hall–Kier alpha value is -10.4. The van der Waals surface area contributed by atoms with E-state index in [9.17, 15) is 44.8 Å². The summed E-state index contributed by atoms with van der Waals surface area (Å²) in [5, 5.41) is 53.9. The standard InChI is InChI=1S/C21H23F2N5OS.C20H20N6O2S.C17H19N7O4S.C17H19N7O3S2.ClH/c1-13-11-16(30-17(13)12-27-9-7-21(22,23)8-10-27)15-3-2-4-18-24-20(26-28(15)18)25-19(29)14-5-6-14;27-19(14-4-5-14)24-20-23-18-3-1-2-16(26(18)25-20)17-7-6-15(29-17)12-28-9-8-13-10-21-22-11-13;2*25-15(11-4-5-11)19-17-18-13-3-1-2-12(24(13)22-17)16-21-20-14(28-16)10-23-6-8-29(26,27)9-7-23;/h2-4,11,14H,5-10,12H2,1H3,(H,25,26,29);1-3,6-7,10-11,14H,4-5,8-9,12H2,(H,21,22)(H,24,25,27);2*1-3,11H,4-10H2,(H,19,22,25);1H. The molecule has 0 unspecified atom stereocenters. The lowest BCUT2D eigenvalue weighted by Gasteiger charge is -2.31. The number of carbonyl (C=O) groups is 4. The van der Waals surface area contributed by atoms with E-state index in [4.69, 9.17) is 9.15 Å². The van der Waals surface area contributed by atoms with Gasteiger partial charge < -0.3 is 9.15 Å². The van der Waals surface area contributed by atoms with Crippen LogP contribution in [0.1, 0.15) is 96.0 Å². The van der Waals surface area contributed by atoms with Crippen LogP contribution in [0, 0.1) is 30.6 Å². The predicted molar refractivity (Wildman–Crippen MR) is 437 cm³/mol. The maximum atomic E-state index is 13.4. The molecule has 4 amide bonds. The minimum absolute atomic E-state index is 0. The molecule has 35 nitrogen and oxygen atoms in total. The summed E-state index contributed by atoms with van der Waals surface area (Å²) in [5.74, 6) is 0.247. The lowest BCUT2D eigenvalue weighted by Crippen LogP contribution is -2.39. The van der Waals surface area contributed by atoms with Crippen molar-refractivity contribution in [1.82, 2.24) is 104 Å². The Morgan fingerprint density at radius 1 is 0.534 bits per heavy atom. The lowest BCUT2D eigenvalue weighted by atomic mass is 10.1. The first-order chi connectivity index (χ1) is 56.6. The van der Waals surface area contributed by atoms with Gasteiger partial charge in [-0.15, -0.1) is 75.9 Å². The molecule has 7 aliphatic rings. The van der Waals surface area contributed by atoms with Crippen LogP contribution >= 0.6 is 46.4 Å². The van der Waals surface area contributed by atoms with Crippen LogP contribution in [0.4, 0.5) is 32.6 Å².